The van der Waals surface area contributed by atoms with Crippen LogP contribution in [0.3, 0.4) is 0 Å². The zero-order valence-corrected chi connectivity index (χ0v) is 18.8. The van der Waals surface area contributed by atoms with E-state index in [0.717, 1.165) is 30.8 Å². The number of allylic oxidation sites excluding steroid dienone is 8. The molecule has 0 spiro atoms. The molecule has 0 saturated carbocycles. The Morgan fingerprint density at radius 1 is 1.26 bits per heavy atom. The molecule has 2 aliphatic carbocycles. The molecule has 2 heteroatoms. The van der Waals surface area contributed by atoms with Gasteiger partial charge in [-0.3, -0.25) is 0 Å². The molecule has 0 aromatic rings. The van der Waals surface area contributed by atoms with E-state index in [-0.39, 0.29) is 0 Å². The van der Waals surface area contributed by atoms with Crippen LogP contribution in [0.15, 0.2) is 46.1 Å². The van der Waals surface area contributed by atoms with Gasteiger partial charge < -0.3 is 5.32 Å². The van der Waals surface area contributed by atoms with Crippen LogP contribution in [0.2, 0.25) is 0 Å². The average molecular weight is 386 g/mol. The number of rotatable bonds is 8. The van der Waals surface area contributed by atoms with E-state index in [1.165, 1.54) is 50.5 Å². The van der Waals surface area contributed by atoms with E-state index in [9.17, 15) is 0 Å². The Bertz CT molecular complexity index is 633. The summed E-state index contributed by atoms with van der Waals surface area (Å²) in [6.45, 7) is 11.2. The van der Waals surface area contributed by atoms with Crippen LogP contribution in [0.1, 0.15) is 85.5 Å². The predicted molar refractivity (Wildman–Crippen MR) is 124 cm³/mol. The normalized spacial score (nSPS) is 24.4. The fourth-order valence-electron chi connectivity index (χ4n) is 4.46. The van der Waals surface area contributed by atoms with Crippen molar-refractivity contribution < 1.29 is 0 Å². The van der Waals surface area contributed by atoms with Gasteiger partial charge in [0.15, 0.2) is 0 Å². The molecule has 1 N–H and O–H groups in total. The van der Waals surface area contributed by atoms with E-state index < -0.39 is 0 Å². The molecule has 0 saturated heterocycles. The minimum Gasteiger partial charge on any atom is -0.317 e. The van der Waals surface area contributed by atoms with E-state index in [4.69, 9.17) is 12.2 Å². The highest BCUT2D eigenvalue weighted by Crippen LogP contribution is 2.37. The molecule has 0 heterocycles. The van der Waals surface area contributed by atoms with Crippen molar-refractivity contribution in [3.63, 3.8) is 0 Å². The topological polar surface area (TPSA) is 12.0 Å². The van der Waals surface area contributed by atoms with E-state index in [1.807, 2.05) is 6.92 Å². The summed E-state index contributed by atoms with van der Waals surface area (Å²) in [7, 11) is 0. The van der Waals surface area contributed by atoms with E-state index in [2.05, 4.69) is 44.3 Å². The Morgan fingerprint density at radius 3 is 2.78 bits per heavy atom. The van der Waals surface area contributed by atoms with E-state index in [1.54, 1.807) is 22.3 Å². The highest BCUT2D eigenvalue weighted by molar-refractivity contribution is 7.80. The van der Waals surface area contributed by atoms with Crippen molar-refractivity contribution in [2.45, 2.75) is 85.5 Å². The lowest BCUT2D eigenvalue weighted by molar-refractivity contribution is 0.618. The van der Waals surface area contributed by atoms with Crippen LogP contribution in [-0.2, 0) is 0 Å². The zero-order valence-electron chi connectivity index (χ0n) is 18.0. The van der Waals surface area contributed by atoms with Crippen molar-refractivity contribution in [3.05, 3.63) is 46.1 Å². The Kier molecular flexibility index (Phi) is 9.72. The van der Waals surface area contributed by atoms with Gasteiger partial charge in [0.1, 0.15) is 0 Å². The Hall–Kier alpha value is -0.990. The highest BCUT2D eigenvalue weighted by atomic mass is 32.1. The zero-order chi connectivity index (χ0) is 19.6. The maximum atomic E-state index is 5.14. The summed E-state index contributed by atoms with van der Waals surface area (Å²) in [5.41, 5.74) is 7.98. The standard InChI is InChI=1S/C25H39NS/c1-5-23-11-6-12-24-17-19(2)15-22(16-20(3)18-25(23)24)10-8-14-26-13-7-9-21(4)27/h5,15,18-19,26H,6-14,16-17H2,1-4H3/b20-18+,22-15?,23-5-. The van der Waals surface area contributed by atoms with Gasteiger partial charge in [-0.1, -0.05) is 54.1 Å². The molecule has 150 valence electrons. The molecule has 0 fully saturated rings. The maximum absolute atomic E-state index is 5.14. The Balaban J connectivity index is 1.91. The van der Waals surface area contributed by atoms with Gasteiger partial charge in [0.05, 0.1) is 0 Å². The summed E-state index contributed by atoms with van der Waals surface area (Å²) in [6.07, 6.45) is 18.3. The average Bonchev–Trinajstić information content (AvgIpc) is 2.66. The molecule has 0 amide bonds. The minimum absolute atomic E-state index is 0.652. The fraction of sp³-hybridized carbons (Fsp3) is 0.640. The molecule has 0 bridgehead atoms. The summed E-state index contributed by atoms with van der Waals surface area (Å²) in [5, 5.41) is 3.58. The first kappa shape index (κ1) is 22.3. The van der Waals surface area contributed by atoms with Gasteiger partial charge in [0.2, 0.25) is 0 Å². The van der Waals surface area contributed by atoms with Crippen molar-refractivity contribution in [1.29, 1.82) is 0 Å². The van der Waals surface area contributed by atoms with Gasteiger partial charge in [-0.15, -0.1) is 0 Å². The first-order chi connectivity index (χ1) is 13.0. The van der Waals surface area contributed by atoms with E-state index in [0.29, 0.717) is 5.92 Å². The lowest BCUT2D eigenvalue weighted by Gasteiger charge is -2.23. The second kappa shape index (κ2) is 11.8. The molecule has 0 aromatic heterocycles. The second-order valence-electron chi connectivity index (χ2n) is 8.52. The largest absolute Gasteiger partial charge is 0.317 e. The van der Waals surface area contributed by atoms with Crippen LogP contribution in [0.5, 0.6) is 0 Å². The van der Waals surface area contributed by atoms with Crippen LogP contribution in [0.4, 0.5) is 0 Å². The quantitative estimate of drug-likeness (QED) is 0.268. The maximum Gasteiger partial charge on any atom is -0.00456 e. The molecule has 2 rings (SSSR count). The SMILES string of the molecule is C/C=C1/CCCC2=C1/C=C(\C)CC(CCCNCCCC(C)=S)=CC(C)C2. The smallest absolute Gasteiger partial charge is 0.00456 e. The third-order valence-electron chi connectivity index (χ3n) is 5.72. The summed E-state index contributed by atoms with van der Waals surface area (Å²) >= 11 is 5.14. The van der Waals surface area contributed by atoms with Gasteiger partial charge in [-0.25, -0.2) is 0 Å². The molecule has 0 aliphatic heterocycles. The van der Waals surface area contributed by atoms with Crippen LogP contribution >= 0.6 is 12.2 Å². The monoisotopic (exact) mass is 385 g/mol. The Morgan fingerprint density at radius 2 is 2.04 bits per heavy atom. The van der Waals surface area contributed by atoms with Crippen LogP contribution in [0, 0.1) is 5.92 Å². The van der Waals surface area contributed by atoms with Crippen molar-refractivity contribution in [2.24, 2.45) is 5.92 Å². The molecule has 1 atom stereocenters. The number of hydrogen-bond acceptors (Lipinski definition) is 2. The number of nitrogens with one attached hydrogen (secondary N) is 1. The first-order valence-electron chi connectivity index (χ1n) is 10.9. The van der Waals surface area contributed by atoms with Crippen molar-refractivity contribution in [2.75, 3.05) is 13.1 Å². The van der Waals surface area contributed by atoms with Crippen molar-refractivity contribution in [1.82, 2.24) is 5.32 Å². The van der Waals surface area contributed by atoms with Crippen molar-refractivity contribution >= 4 is 17.1 Å². The molecule has 0 radical (unpaired) electrons. The van der Waals surface area contributed by atoms with Gasteiger partial charge in [-0.05, 0) is 114 Å². The minimum atomic E-state index is 0.652. The number of thiocarbonyl (C=S) groups is 1. The molecule has 0 aromatic carbocycles. The van der Waals surface area contributed by atoms with Crippen molar-refractivity contribution in [3.8, 4) is 0 Å². The summed E-state index contributed by atoms with van der Waals surface area (Å²) < 4.78 is 0. The molecule has 27 heavy (non-hydrogen) atoms. The molecular formula is C25H39NS. The van der Waals surface area contributed by atoms with Gasteiger partial charge in [0, 0.05) is 0 Å². The highest BCUT2D eigenvalue weighted by Gasteiger charge is 2.18. The number of hydrogen-bond donors (Lipinski definition) is 1. The van der Waals surface area contributed by atoms with Crippen LogP contribution in [-0.4, -0.2) is 18.0 Å². The lowest BCUT2D eigenvalue weighted by atomic mass is 9.83. The second-order valence-corrected chi connectivity index (χ2v) is 9.21. The molecule has 1 unspecified atom stereocenters. The van der Waals surface area contributed by atoms with E-state index >= 15 is 0 Å². The van der Waals surface area contributed by atoms with Crippen LogP contribution in [0.25, 0.3) is 0 Å². The summed E-state index contributed by atoms with van der Waals surface area (Å²) in [6, 6.07) is 0. The fourth-order valence-corrected chi connectivity index (χ4v) is 4.60. The predicted octanol–water partition coefficient (Wildman–Crippen LogP) is 7.26. The lowest BCUT2D eigenvalue weighted by Crippen LogP contribution is -2.17. The summed E-state index contributed by atoms with van der Waals surface area (Å²) in [5.74, 6) is 0.652. The molecule has 1 nitrogen and oxygen atoms in total. The first-order valence-corrected chi connectivity index (χ1v) is 11.3. The molecule has 2 aliphatic rings. The van der Waals surface area contributed by atoms with Gasteiger partial charge >= 0.3 is 0 Å². The third-order valence-corrected chi connectivity index (χ3v) is 5.92. The van der Waals surface area contributed by atoms with Gasteiger partial charge in [-0.2, -0.15) is 0 Å². The van der Waals surface area contributed by atoms with Crippen LogP contribution < -0.4 is 5.32 Å². The third kappa shape index (κ3) is 7.87. The summed E-state index contributed by atoms with van der Waals surface area (Å²) in [4.78, 5) is 1.13. The van der Waals surface area contributed by atoms with Gasteiger partial charge in [0.25, 0.3) is 0 Å². The molecular weight excluding hydrogens is 346 g/mol. The Labute approximate surface area is 173 Å².